The summed E-state index contributed by atoms with van der Waals surface area (Å²) in [6.07, 6.45) is -1.15. The van der Waals surface area contributed by atoms with Gasteiger partial charge in [-0.25, -0.2) is 17.5 Å². The summed E-state index contributed by atoms with van der Waals surface area (Å²) in [5.41, 5.74) is 5.83. The van der Waals surface area contributed by atoms with E-state index in [1.165, 1.54) is 69.6 Å². The van der Waals surface area contributed by atoms with Crippen LogP contribution in [0, 0.1) is 0 Å². The molecular formula is C19H21N3O6S. The number of rotatable bonds is 7. The minimum absolute atomic E-state index is 0.00149. The molecule has 9 nitrogen and oxygen atoms in total. The maximum atomic E-state index is 12.3. The Bertz CT molecular complexity index is 1030. The summed E-state index contributed by atoms with van der Waals surface area (Å²) < 4.78 is 30.5. The third-order valence-electron chi connectivity index (χ3n) is 3.94. The topological polar surface area (TPSA) is 136 Å². The lowest BCUT2D eigenvalue weighted by atomic mass is 10.2. The molecule has 2 rings (SSSR count). The molecule has 10 heteroatoms. The first-order chi connectivity index (χ1) is 13.5. The van der Waals surface area contributed by atoms with Crippen LogP contribution in [-0.4, -0.2) is 50.7 Å². The number of hydrogen-bond acceptors (Lipinski definition) is 6. The van der Waals surface area contributed by atoms with E-state index in [2.05, 4.69) is 5.32 Å². The third-order valence-corrected chi connectivity index (χ3v) is 5.75. The largest absolute Gasteiger partial charge is 0.449 e. The van der Waals surface area contributed by atoms with E-state index in [1.807, 2.05) is 0 Å². The van der Waals surface area contributed by atoms with E-state index in [1.54, 1.807) is 0 Å². The van der Waals surface area contributed by atoms with Gasteiger partial charge in [0, 0.05) is 25.3 Å². The summed E-state index contributed by atoms with van der Waals surface area (Å²) in [6.45, 7) is 1.38. The molecule has 154 valence electrons. The highest BCUT2D eigenvalue weighted by atomic mass is 32.2. The van der Waals surface area contributed by atoms with Crippen LogP contribution in [0.3, 0.4) is 0 Å². The minimum atomic E-state index is -3.71. The normalized spacial score (nSPS) is 12.3. The van der Waals surface area contributed by atoms with Crippen molar-refractivity contribution in [1.29, 1.82) is 0 Å². The Morgan fingerprint density at radius 1 is 1.03 bits per heavy atom. The molecule has 0 spiro atoms. The highest BCUT2D eigenvalue weighted by molar-refractivity contribution is 7.89. The molecular weight excluding hydrogens is 398 g/mol. The summed E-state index contributed by atoms with van der Waals surface area (Å²) in [7, 11) is -0.959. The van der Waals surface area contributed by atoms with E-state index >= 15 is 0 Å². The number of nitrogens with zero attached hydrogens (tertiary/aromatic N) is 1. The molecule has 2 amide bonds. The number of hydrogen-bond donors (Lipinski definition) is 2. The number of carbonyl (C=O) groups is 3. The fraction of sp³-hybridized carbons (Fsp3) is 0.211. The van der Waals surface area contributed by atoms with Crippen molar-refractivity contribution in [3.63, 3.8) is 0 Å². The van der Waals surface area contributed by atoms with Crippen LogP contribution in [0.5, 0.6) is 0 Å². The van der Waals surface area contributed by atoms with Gasteiger partial charge in [0.05, 0.1) is 10.5 Å². The molecule has 0 aliphatic heterocycles. The van der Waals surface area contributed by atoms with E-state index in [0.29, 0.717) is 5.69 Å². The van der Waals surface area contributed by atoms with Gasteiger partial charge >= 0.3 is 5.97 Å². The van der Waals surface area contributed by atoms with Crippen molar-refractivity contribution < 1.29 is 27.5 Å². The van der Waals surface area contributed by atoms with Gasteiger partial charge in [-0.1, -0.05) is 6.07 Å². The van der Waals surface area contributed by atoms with Crippen molar-refractivity contribution in [3.05, 3.63) is 59.7 Å². The van der Waals surface area contributed by atoms with Crippen molar-refractivity contribution >= 4 is 33.5 Å². The number of nitrogens with one attached hydrogen (secondary N) is 1. The zero-order valence-electron chi connectivity index (χ0n) is 16.1. The fourth-order valence-electron chi connectivity index (χ4n) is 2.24. The van der Waals surface area contributed by atoms with Gasteiger partial charge in [0.1, 0.15) is 0 Å². The lowest BCUT2D eigenvalue weighted by Crippen LogP contribution is -2.30. The molecule has 0 fully saturated rings. The Morgan fingerprint density at radius 3 is 2.21 bits per heavy atom. The molecule has 2 aromatic rings. The minimum Gasteiger partial charge on any atom is -0.449 e. The van der Waals surface area contributed by atoms with Crippen LogP contribution in [0.15, 0.2) is 53.4 Å². The van der Waals surface area contributed by atoms with Crippen molar-refractivity contribution in [3.8, 4) is 0 Å². The number of sulfonamides is 1. The lowest BCUT2D eigenvalue weighted by molar-refractivity contribution is -0.123. The summed E-state index contributed by atoms with van der Waals surface area (Å²) in [6, 6.07) is 11.2. The first kappa shape index (κ1) is 22.1. The lowest BCUT2D eigenvalue weighted by Gasteiger charge is -2.15. The summed E-state index contributed by atoms with van der Waals surface area (Å²) >= 11 is 0. The van der Waals surface area contributed by atoms with E-state index in [9.17, 15) is 22.8 Å². The van der Waals surface area contributed by atoms with Gasteiger partial charge in [0.25, 0.3) is 5.91 Å². The second kappa shape index (κ2) is 8.84. The second-order valence-corrected chi connectivity index (χ2v) is 8.45. The van der Waals surface area contributed by atoms with Crippen LogP contribution >= 0.6 is 0 Å². The molecule has 2 aromatic carbocycles. The van der Waals surface area contributed by atoms with E-state index in [-0.39, 0.29) is 16.0 Å². The first-order valence-corrected chi connectivity index (χ1v) is 9.90. The second-order valence-electron chi connectivity index (χ2n) is 6.29. The zero-order valence-corrected chi connectivity index (χ0v) is 16.9. The molecule has 0 bridgehead atoms. The van der Waals surface area contributed by atoms with Crippen LogP contribution in [-0.2, 0) is 19.6 Å². The van der Waals surface area contributed by atoms with Gasteiger partial charge in [-0.05, 0) is 49.4 Å². The average molecular weight is 419 g/mol. The van der Waals surface area contributed by atoms with Crippen LogP contribution in [0.25, 0.3) is 0 Å². The predicted molar refractivity (Wildman–Crippen MR) is 106 cm³/mol. The number of primary amides is 1. The molecule has 29 heavy (non-hydrogen) atoms. The van der Waals surface area contributed by atoms with Crippen LogP contribution in [0.1, 0.15) is 27.6 Å². The Balaban J connectivity index is 2.06. The maximum Gasteiger partial charge on any atom is 0.338 e. The molecule has 3 N–H and O–H groups in total. The van der Waals surface area contributed by atoms with Crippen LogP contribution < -0.4 is 11.1 Å². The van der Waals surface area contributed by atoms with Crippen LogP contribution in [0.2, 0.25) is 0 Å². The monoisotopic (exact) mass is 419 g/mol. The van der Waals surface area contributed by atoms with Crippen molar-refractivity contribution in [2.24, 2.45) is 5.73 Å². The molecule has 0 aliphatic carbocycles. The molecule has 0 heterocycles. The Morgan fingerprint density at radius 2 is 1.66 bits per heavy atom. The zero-order chi connectivity index (χ0) is 21.8. The summed E-state index contributed by atoms with van der Waals surface area (Å²) in [5, 5.41) is 2.54. The quantitative estimate of drug-likeness (QED) is 0.648. The first-order valence-electron chi connectivity index (χ1n) is 8.46. The Kier molecular flexibility index (Phi) is 6.72. The number of anilines is 1. The molecule has 0 aliphatic rings. The van der Waals surface area contributed by atoms with Gasteiger partial charge in [-0.2, -0.15) is 0 Å². The number of amides is 2. The van der Waals surface area contributed by atoms with Gasteiger partial charge in [0.15, 0.2) is 6.10 Å². The SMILES string of the molecule is C[C@@H](OC(=O)c1cccc(S(=O)(=O)N(C)C)c1)C(=O)Nc1ccc(C(N)=O)cc1. The van der Waals surface area contributed by atoms with E-state index in [0.717, 1.165) is 4.31 Å². The smallest absolute Gasteiger partial charge is 0.338 e. The predicted octanol–water partition coefficient (Wildman–Crippen LogP) is 1.22. The van der Waals surface area contributed by atoms with Crippen molar-refractivity contribution in [2.45, 2.75) is 17.9 Å². The number of nitrogens with two attached hydrogens (primary N) is 1. The van der Waals surface area contributed by atoms with Crippen molar-refractivity contribution in [1.82, 2.24) is 4.31 Å². The van der Waals surface area contributed by atoms with Crippen molar-refractivity contribution in [2.75, 3.05) is 19.4 Å². The number of carbonyl (C=O) groups excluding carboxylic acids is 3. The Labute approximate surface area is 168 Å². The standard InChI is InChI=1S/C19H21N3O6S/c1-12(18(24)21-15-9-7-13(8-10-15)17(20)23)28-19(25)14-5-4-6-16(11-14)29(26,27)22(2)3/h4-12H,1-3H3,(H2,20,23)(H,21,24)/t12-/m1/s1. The van der Waals surface area contributed by atoms with Gasteiger partial charge < -0.3 is 15.8 Å². The van der Waals surface area contributed by atoms with E-state index < -0.39 is 33.9 Å². The molecule has 0 saturated carbocycles. The molecule has 0 saturated heterocycles. The fourth-order valence-corrected chi connectivity index (χ4v) is 3.19. The molecule has 0 radical (unpaired) electrons. The van der Waals surface area contributed by atoms with Gasteiger partial charge in [0.2, 0.25) is 15.9 Å². The molecule has 0 aromatic heterocycles. The number of esters is 1. The third kappa shape index (κ3) is 5.39. The highest BCUT2D eigenvalue weighted by Gasteiger charge is 2.22. The highest BCUT2D eigenvalue weighted by Crippen LogP contribution is 2.16. The van der Waals surface area contributed by atoms with Gasteiger partial charge in [-0.15, -0.1) is 0 Å². The Hall–Kier alpha value is -3.24. The summed E-state index contributed by atoms with van der Waals surface area (Å²) in [4.78, 5) is 35.5. The number of ether oxygens (including phenoxy) is 1. The maximum absolute atomic E-state index is 12.3. The molecule has 0 unspecified atom stereocenters. The summed E-state index contributed by atoms with van der Waals surface area (Å²) in [5.74, 6) is -2.03. The number of benzene rings is 2. The average Bonchev–Trinajstić information content (AvgIpc) is 2.68. The van der Waals surface area contributed by atoms with E-state index in [4.69, 9.17) is 10.5 Å². The van der Waals surface area contributed by atoms with Gasteiger partial charge in [-0.3, -0.25) is 9.59 Å². The molecule has 1 atom stereocenters. The van der Waals surface area contributed by atoms with Crippen LogP contribution in [0.4, 0.5) is 5.69 Å².